The molecule has 232 valence electrons. The summed E-state index contributed by atoms with van der Waals surface area (Å²) in [5.74, 6) is 0. The molecule has 0 aromatic heterocycles. The maximum Gasteiger partial charge on any atom is 0.0964 e. The summed E-state index contributed by atoms with van der Waals surface area (Å²) < 4.78 is 0. The largest absolute Gasteiger partial charge is 0.545 e. The fourth-order valence-electron chi connectivity index (χ4n) is 4.63. The molecule has 6 aromatic carbocycles. The van der Waals surface area contributed by atoms with Crippen LogP contribution in [0.15, 0.2) is 182 Å². The Labute approximate surface area is 288 Å². The Hall–Kier alpha value is -3.06. The van der Waals surface area contributed by atoms with Crippen molar-refractivity contribution in [2.75, 3.05) is 20.0 Å². The molecule has 0 aliphatic rings. The van der Waals surface area contributed by atoms with Crippen LogP contribution in [-0.4, -0.2) is 26.8 Å². The molecule has 6 aromatic rings. The van der Waals surface area contributed by atoms with E-state index >= 15 is 0 Å². The van der Waals surface area contributed by atoms with Gasteiger partial charge < -0.3 is 4.79 Å². The Morgan fingerprint density at radius 2 is 0.400 bits per heavy atom. The van der Waals surface area contributed by atoms with Crippen LogP contribution in [0, 0.1) is 0 Å². The van der Waals surface area contributed by atoms with E-state index in [1.165, 1.54) is 31.8 Å². The van der Waals surface area contributed by atoms with E-state index in [9.17, 15) is 0 Å². The van der Waals surface area contributed by atoms with Crippen molar-refractivity contribution in [1.29, 1.82) is 0 Å². The van der Waals surface area contributed by atoms with Gasteiger partial charge in [-0.1, -0.05) is 109 Å². The van der Waals surface area contributed by atoms with Crippen LogP contribution >= 0.6 is 23.8 Å². The fourth-order valence-corrected chi connectivity index (χ4v) is 9.78. The van der Waals surface area contributed by atoms with Crippen molar-refractivity contribution in [3.63, 3.8) is 0 Å². The summed E-state index contributed by atoms with van der Waals surface area (Å²) in [6, 6.07) is 64.5. The van der Waals surface area contributed by atoms with Crippen LogP contribution < -0.4 is 31.8 Å². The van der Waals surface area contributed by atoms with Crippen LogP contribution in [0.4, 0.5) is 0 Å². The van der Waals surface area contributed by atoms with Gasteiger partial charge in [0.05, 0.1) is 75.6 Å². The molecule has 0 bridgehead atoms. The predicted molar refractivity (Wildman–Crippen MR) is 206 cm³/mol. The second-order valence-electron chi connectivity index (χ2n) is 10.1. The number of hydrogen-bond donors (Lipinski definition) is 0. The van der Waals surface area contributed by atoms with E-state index < -0.39 is 23.8 Å². The predicted octanol–water partition coefficient (Wildman–Crippen LogP) is 7.17. The monoisotopic (exact) mass is 738 g/mol. The first kappa shape index (κ1) is 38.1. The Bertz CT molecular complexity index is 1250. The minimum Gasteiger partial charge on any atom is -0.545 e. The van der Waals surface area contributed by atoms with Gasteiger partial charge in [-0.05, 0) is 72.8 Å². The summed E-state index contributed by atoms with van der Waals surface area (Å²) in [4.78, 5) is 7.75. The Kier molecular flexibility index (Phi) is 19.0. The van der Waals surface area contributed by atoms with Crippen molar-refractivity contribution in [3.8, 4) is 0 Å². The average molecular weight is 739 g/mol. The van der Waals surface area contributed by atoms with Gasteiger partial charge in [-0.2, -0.15) is 0 Å². The summed E-state index contributed by atoms with van der Waals surface area (Å²) in [5.41, 5.74) is 0. The minimum absolute atomic E-state index is 0. The molecule has 0 heterocycles. The number of hydrogen-bond acceptors (Lipinski definition) is 1. The summed E-state index contributed by atoms with van der Waals surface area (Å²) >= 11 is 0. The standard InChI is InChI=1S/3C13H13P.CHO.Pd/c3*1-14(12-8-4-2-5-9-12)13-10-6-3-7-11-13;1-2;/h3*2-11H,1H3;1H;/q;;;-1;/p+3. The molecule has 0 saturated carbocycles. The van der Waals surface area contributed by atoms with E-state index in [1.807, 2.05) is 0 Å². The quantitative estimate of drug-likeness (QED) is 0.0768. The Balaban J connectivity index is 0.000000226. The molecular formula is C40H43OP3Pd+2. The summed E-state index contributed by atoms with van der Waals surface area (Å²) in [5, 5.41) is 8.85. The first-order chi connectivity index (χ1) is 21.6. The fraction of sp³-hybridized carbons (Fsp3) is 0.0750. The van der Waals surface area contributed by atoms with E-state index in [1.54, 1.807) is 0 Å². The van der Waals surface area contributed by atoms with Gasteiger partial charge >= 0.3 is 0 Å². The third kappa shape index (κ3) is 13.1. The van der Waals surface area contributed by atoms with E-state index in [2.05, 4.69) is 209 Å². The average Bonchev–Trinajstić information content (AvgIpc) is 3.14. The molecule has 0 radical (unpaired) electrons. The molecule has 0 aliphatic heterocycles. The van der Waals surface area contributed by atoms with E-state index in [0.29, 0.717) is 0 Å². The van der Waals surface area contributed by atoms with E-state index in [4.69, 9.17) is 4.79 Å². The SMILES string of the molecule is C[PH+](c1ccccc1)c1ccccc1.C[PH+](c1ccccc1)c1ccccc1.C[PH+](c1ccccc1)c1ccccc1.[CH-]=O.[Pd]. The third-order valence-electron chi connectivity index (χ3n) is 7.24. The number of carbonyl (C=O) groups excluding carboxylic acids is 1. The van der Waals surface area contributed by atoms with Crippen LogP contribution in [0.1, 0.15) is 0 Å². The molecule has 0 unspecified atom stereocenters. The van der Waals surface area contributed by atoms with Crippen molar-refractivity contribution in [2.45, 2.75) is 0 Å². The third-order valence-corrected chi connectivity index (χ3v) is 14.4. The van der Waals surface area contributed by atoms with E-state index in [-0.39, 0.29) is 20.4 Å². The van der Waals surface area contributed by atoms with Crippen LogP contribution in [0.3, 0.4) is 0 Å². The molecule has 0 N–H and O–H groups in total. The number of rotatable bonds is 6. The maximum atomic E-state index is 7.75. The van der Waals surface area contributed by atoms with Crippen molar-refractivity contribution < 1.29 is 25.2 Å². The van der Waals surface area contributed by atoms with Gasteiger partial charge in [0.15, 0.2) is 0 Å². The Morgan fingerprint density at radius 3 is 0.511 bits per heavy atom. The Morgan fingerprint density at radius 1 is 0.289 bits per heavy atom. The zero-order valence-electron chi connectivity index (χ0n) is 26.1. The zero-order chi connectivity index (χ0) is 31.4. The van der Waals surface area contributed by atoms with Gasteiger partial charge in [-0.3, -0.25) is 6.79 Å². The van der Waals surface area contributed by atoms with Gasteiger partial charge in [0, 0.05) is 20.4 Å². The first-order valence-electron chi connectivity index (χ1n) is 14.7. The smallest absolute Gasteiger partial charge is 0.0964 e. The zero-order valence-corrected chi connectivity index (χ0v) is 30.7. The van der Waals surface area contributed by atoms with Crippen molar-refractivity contribution in [2.24, 2.45) is 0 Å². The van der Waals surface area contributed by atoms with Crippen molar-refractivity contribution >= 4 is 62.4 Å². The summed E-state index contributed by atoms with van der Waals surface area (Å²) in [7, 11) is -1.63. The van der Waals surface area contributed by atoms with Crippen LogP contribution in [0.2, 0.25) is 0 Å². The molecular weight excluding hydrogens is 696 g/mol. The van der Waals surface area contributed by atoms with Crippen LogP contribution in [-0.2, 0) is 25.2 Å². The van der Waals surface area contributed by atoms with Gasteiger partial charge in [0.25, 0.3) is 0 Å². The molecule has 1 nitrogen and oxygen atoms in total. The molecule has 6 rings (SSSR count). The van der Waals surface area contributed by atoms with Gasteiger partial charge in [-0.25, -0.2) is 0 Å². The van der Waals surface area contributed by atoms with Gasteiger partial charge in [0.1, 0.15) is 0 Å². The molecule has 45 heavy (non-hydrogen) atoms. The van der Waals surface area contributed by atoms with Crippen molar-refractivity contribution in [3.05, 3.63) is 182 Å². The second kappa shape index (κ2) is 22.4. The molecule has 0 atom stereocenters. The molecule has 0 spiro atoms. The number of benzene rings is 6. The topological polar surface area (TPSA) is 17.1 Å². The molecule has 0 amide bonds. The van der Waals surface area contributed by atoms with Crippen LogP contribution in [0.5, 0.6) is 0 Å². The normalized spacial score (nSPS) is 9.82. The summed E-state index contributed by atoms with van der Waals surface area (Å²) in [6.45, 7) is 10.3. The van der Waals surface area contributed by atoms with E-state index in [0.717, 1.165) is 0 Å². The molecule has 5 heteroatoms. The molecule has 0 fully saturated rings. The summed E-state index contributed by atoms with van der Waals surface area (Å²) in [6.07, 6.45) is 0. The van der Waals surface area contributed by atoms with Gasteiger partial charge in [-0.15, -0.1) is 0 Å². The van der Waals surface area contributed by atoms with Crippen molar-refractivity contribution in [1.82, 2.24) is 0 Å². The maximum absolute atomic E-state index is 7.75. The molecule has 0 saturated heterocycles. The minimum atomic E-state index is -0.545. The second-order valence-corrected chi connectivity index (χ2v) is 17.3. The van der Waals surface area contributed by atoms with Crippen LogP contribution in [0.25, 0.3) is 0 Å². The molecule has 0 aliphatic carbocycles. The van der Waals surface area contributed by atoms with Gasteiger partial charge in [0.2, 0.25) is 0 Å². The first-order valence-corrected chi connectivity index (χ1v) is 20.7.